The monoisotopic (exact) mass is 347 g/mol. The summed E-state index contributed by atoms with van der Waals surface area (Å²) in [6, 6.07) is 13.4. The molecule has 2 aromatic rings. The van der Waals surface area contributed by atoms with Gasteiger partial charge >= 0.3 is 5.97 Å². The highest BCUT2D eigenvalue weighted by Crippen LogP contribution is 2.20. The lowest BCUT2D eigenvalue weighted by Crippen LogP contribution is -2.29. The number of ether oxygens (including phenoxy) is 1. The molecule has 2 rings (SSSR count). The van der Waals surface area contributed by atoms with E-state index in [0.717, 1.165) is 11.6 Å². The second-order valence-electron chi connectivity index (χ2n) is 4.83. The molecule has 4 nitrogen and oxygen atoms in total. The van der Waals surface area contributed by atoms with Crippen LogP contribution in [-0.4, -0.2) is 18.4 Å². The zero-order chi connectivity index (χ0) is 17.4. The summed E-state index contributed by atoms with van der Waals surface area (Å²) >= 11 is 5.84. The molecule has 0 fully saturated rings. The topological polar surface area (TPSA) is 55.4 Å². The smallest absolute Gasteiger partial charge is 0.325 e. The first-order chi connectivity index (χ1) is 11.6. The molecule has 0 aliphatic carbocycles. The third-order valence-electron chi connectivity index (χ3n) is 3.05. The minimum absolute atomic E-state index is 0.112. The summed E-state index contributed by atoms with van der Waals surface area (Å²) in [5.41, 5.74) is 0.965. The average Bonchev–Trinajstić information content (AvgIpc) is 2.58. The van der Waals surface area contributed by atoms with Crippen LogP contribution in [0, 0.1) is 5.82 Å². The molecule has 0 aliphatic heterocycles. The molecule has 0 unspecified atom stereocenters. The number of nitrogens with one attached hydrogen (secondary N) is 1. The van der Waals surface area contributed by atoms with Gasteiger partial charge < -0.3 is 10.1 Å². The molecular formula is C18H15ClFNO3. The molecule has 0 bridgehead atoms. The van der Waals surface area contributed by atoms with Gasteiger partial charge in [0.25, 0.3) is 0 Å². The number of hydrogen-bond acceptors (Lipinski definition) is 3. The molecule has 1 amide bonds. The Morgan fingerprint density at radius 3 is 2.58 bits per heavy atom. The second-order valence-corrected chi connectivity index (χ2v) is 5.24. The van der Waals surface area contributed by atoms with Crippen LogP contribution < -0.4 is 5.32 Å². The van der Waals surface area contributed by atoms with Crippen LogP contribution in [0.3, 0.4) is 0 Å². The number of carbonyl (C=O) groups excluding carboxylic acids is 2. The van der Waals surface area contributed by atoms with Gasteiger partial charge in [0.15, 0.2) is 0 Å². The summed E-state index contributed by atoms with van der Waals surface area (Å²) in [7, 11) is 0. The summed E-state index contributed by atoms with van der Waals surface area (Å²) < 4.78 is 18.6. The average molecular weight is 348 g/mol. The van der Waals surface area contributed by atoms with E-state index >= 15 is 0 Å². The first-order valence-corrected chi connectivity index (χ1v) is 7.53. The number of halogens is 2. The Hall–Kier alpha value is -2.66. The maximum Gasteiger partial charge on any atom is 0.325 e. The number of amides is 1. The molecule has 0 saturated carbocycles. The molecule has 0 aliphatic rings. The van der Waals surface area contributed by atoms with Crippen LogP contribution in [0.25, 0.3) is 6.08 Å². The highest BCUT2D eigenvalue weighted by atomic mass is 35.5. The molecule has 0 radical (unpaired) electrons. The lowest BCUT2D eigenvalue weighted by molar-refractivity contribution is -0.144. The Kier molecular flexibility index (Phi) is 6.51. The summed E-state index contributed by atoms with van der Waals surface area (Å²) in [4.78, 5) is 23.2. The van der Waals surface area contributed by atoms with Crippen molar-refractivity contribution in [3.63, 3.8) is 0 Å². The maximum absolute atomic E-state index is 13.5. The van der Waals surface area contributed by atoms with Crippen LogP contribution in [0.4, 0.5) is 4.39 Å². The minimum atomic E-state index is -0.565. The maximum atomic E-state index is 13.5. The van der Waals surface area contributed by atoms with Gasteiger partial charge in [-0.1, -0.05) is 48.0 Å². The van der Waals surface area contributed by atoms with Crippen LogP contribution in [0.2, 0.25) is 5.02 Å². The standard InChI is InChI=1S/C18H15ClFNO3/c19-15-7-4-8-16(20)14(15)9-10-17(22)21-11-18(23)24-12-13-5-2-1-3-6-13/h1-10H,11-12H2,(H,21,22)/b10-9+. The van der Waals surface area contributed by atoms with Gasteiger partial charge in [-0.05, 0) is 23.8 Å². The number of rotatable bonds is 6. The molecule has 0 atom stereocenters. The van der Waals surface area contributed by atoms with Crippen molar-refractivity contribution < 1.29 is 18.7 Å². The van der Waals surface area contributed by atoms with E-state index < -0.39 is 17.7 Å². The molecule has 0 aromatic heterocycles. The van der Waals surface area contributed by atoms with E-state index in [0.29, 0.717) is 0 Å². The normalized spacial score (nSPS) is 10.6. The van der Waals surface area contributed by atoms with Crippen molar-refractivity contribution in [3.8, 4) is 0 Å². The molecule has 6 heteroatoms. The highest BCUT2D eigenvalue weighted by molar-refractivity contribution is 6.32. The lowest BCUT2D eigenvalue weighted by atomic mass is 10.2. The van der Waals surface area contributed by atoms with E-state index in [1.54, 1.807) is 0 Å². The van der Waals surface area contributed by atoms with Crippen LogP contribution in [0.1, 0.15) is 11.1 Å². The number of hydrogen-bond donors (Lipinski definition) is 1. The third kappa shape index (κ3) is 5.52. The van der Waals surface area contributed by atoms with Crippen molar-refractivity contribution in [1.82, 2.24) is 5.32 Å². The molecule has 2 aromatic carbocycles. The summed E-state index contributed by atoms with van der Waals surface area (Å²) in [6.45, 7) is -0.142. The zero-order valence-corrected chi connectivity index (χ0v) is 13.4. The molecule has 124 valence electrons. The summed E-state index contributed by atoms with van der Waals surface area (Å²) in [5, 5.41) is 2.56. The summed E-state index contributed by atoms with van der Waals surface area (Å²) in [5.74, 6) is -1.65. The van der Waals surface area contributed by atoms with E-state index in [-0.39, 0.29) is 23.7 Å². The van der Waals surface area contributed by atoms with E-state index in [1.807, 2.05) is 30.3 Å². The molecule has 1 N–H and O–H groups in total. The zero-order valence-electron chi connectivity index (χ0n) is 12.7. The van der Waals surface area contributed by atoms with E-state index in [2.05, 4.69) is 5.32 Å². The van der Waals surface area contributed by atoms with Crippen molar-refractivity contribution in [1.29, 1.82) is 0 Å². The van der Waals surface area contributed by atoms with Gasteiger partial charge in [0, 0.05) is 11.6 Å². The van der Waals surface area contributed by atoms with Gasteiger partial charge in [0.1, 0.15) is 19.0 Å². The third-order valence-corrected chi connectivity index (χ3v) is 3.38. The molecule has 0 saturated heterocycles. The van der Waals surface area contributed by atoms with Gasteiger partial charge in [0.2, 0.25) is 5.91 Å². The van der Waals surface area contributed by atoms with Crippen LogP contribution in [-0.2, 0) is 20.9 Å². The van der Waals surface area contributed by atoms with Crippen molar-refractivity contribution in [2.45, 2.75) is 6.61 Å². The fraction of sp³-hybridized carbons (Fsp3) is 0.111. The van der Waals surface area contributed by atoms with Gasteiger partial charge in [-0.2, -0.15) is 0 Å². The van der Waals surface area contributed by atoms with Crippen LogP contribution >= 0.6 is 11.6 Å². The van der Waals surface area contributed by atoms with Crippen molar-refractivity contribution in [2.75, 3.05) is 6.54 Å². The van der Waals surface area contributed by atoms with Crippen molar-refractivity contribution in [3.05, 3.63) is 76.6 Å². The van der Waals surface area contributed by atoms with Crippen LogP contribution in [0.15, 0.2) is 54.6 Å². The fourth-order valence-corrected chi connectivity index (χ4v) is 2.06. The first kappa shape index (κ1) is 17.7. The SMILES string of the molecule is O=C(/C=C/c1c(F)cccc1Cl)NCC(=O)OCc1ccccc1. The number of benzene rings is 2. The van der Waals surface area contributed by atoms with E-state index in [1.165, 1.54) is 24.3 Å². The predicted molar refractivity (Wildman–Crippen MR) is 89.7 cm³/mol. The molecular weight excluding hydrogens is 333 g/mol. The Labute approximate surface area is 143 Å². The van der Waals surface area contributed by atoms with Gasteiger partial charge in [-0.15, -0.1) is 0 Å². The van der Waals surface area contributed by atoms with Crippen LogP contribution in [0.5, 0.6) is 0 Å². The Morgan fingerprint density at radius 1 is 1.12 bits per heavy atom. The highest BCUT2D eigenvalue weighted by Gasteiger charge is 2.06. The quantitative estimate of drug-likeness (QED) is 0.644. The molecule has 0 heterocycles. The lowest BCUT2D eigenvalue weighted by Gasteiger charge is -2.05. The van der Waals surface area contributed by atoms with Crippen molar-refractivity contribution in [2.24, 2.45) is 0 Å². The van der Waals surface area contributed by atoms with E-state index in [4.69, 9.17) is 16.3 Å². The van der Waals surface area contributed by atoms with Gasteiger partial charge in [-0.3, -0.25) is 9.59 Å². The Morgan fingerprint density at radius 2 is 1.88 bits per heavy atom. The number of carbonyl (C=O) groups is 2. The second kappa shape index (κ2) is 8.84. The van der Waals surface area contributed by atoms with Gasteiger partial charge in [0.05, 0.1) is 5.02 Å². The largest absolute Gasteiger partial charge is 0.460 e. The Bertz CT molecular complexity index is 727. The fourth-order valence-electron chi connectivity index (χ4n) is 1.84. The first-order valence-electron chi connectivity index (χ1n) is 7.16. The van der Waals surface area contributed by atoms with Crippen molar-refractivity contribution >= 4 is 29.6 Å². The minimum Gasteiger partial charge on any atom is -0.460 e. The van der Waals surface area contributed by atoms with E-state index in [9.17, 15) is 14.0 Å². The summed E-state index contributed by atoms with van der Waals surface area (Å²) in [6.07, 6.45) is 2.36. The van der Waals surface area contributed by atoms with Gasteiger partial charge in [-0.25, -0.2) is 4.39 Å². The number of esters is 1. The predicted octanol–water partition coefficient (Wildman–Crippen LogP) is 3.35. The Balaban J connectivity index is 1.78. The molecule has 24 heavy (non-hydrogen) atoms. The molecule has 0 spiro atoms.